The fourth-order valence-electron chi connectivity index (χ4n) is 3.03. The SMILES string of the molecule is CCCn1c(CNCC2CNCC2O)nc2ccccc21. The quantitative estimate of drug-likeness (QED) is 0.745. The third kappa shape index (κ3) is 3.10. The lowest BCUT2D eigenvalue weighted by Gasteiger charge is -2.14. The first kappa shape index (κ1) is 14.5. The highest BCUT2D eigenvalue weighted by Gasteiger charge is 2.24. The van der Waals surface area contributed by atoms with E-state index < -0.39 is 0 Å². The summed E-state index contributed by atoms with van der Waals surface area (Å²) in [5.74, 6) is 1.38. The van der Waals surface area contributed by atoms with E-state index in [2.05, 4.69) is 40.3 Å². The van der Waals surface area contributed by atoms with E-state index in [9.17, 15) is 5.11 Å². The molecule has 1 aliphatic rings. The Balaban J connectivity index is 1.69. The van der Waals surface area contributed by atoms with Gasteiger partial charge in [-0.2, -0.15) is 0 Å². The molecule has 1 aliphatic heterocycles. The summed E-state index contributed by atoms with van der Waals surface area (Å²) in [6.45, 7) is 6.35. The van der Waals surface area contributed by atoms with E-state index in [-0.39, 0.29) is 6.10 Å². The molecule has 2 unspecified atom stereocenters. The third-order valence-electron chi connectivity index (χ3n) is 4.17. The van der Waals surface area contributed by atoms with Crippen LogP contribution < -0.4 is 10.6 Å². The van der Waals surface area contributed by atoms with Gasteiger partial charge >= 0.3 is 0 Å². The minimum Gasteiger partial charge on any atom is -0.391 e. The maximum absolute atomic E-state index is 9.82. The second-order valence-electron chi connectivity index (χ2n) is 5.78. The number of benzene rings is 1. The maximum Gasteiger partial charge on any atom is 0.123 e. The van der Waals surface area contributed by atoms with Gasteiger partial charge in [-0.15, -0.1) is 0 Å². The Kier molecular flexibility index (Phi) is 4.53. The lowest BCUT2D eigenvalue weighted by atomic mass is 10.1. The summed E-state index contributed by atoms with van der Waals surface area (Å²) in [5.41, 5.74) is 2.27. The molecule has 1 fully saturated rings. The van der Waals surface area contributed by atoms with E-state index in [0.717, 1.165) is 43.9 Å². The first-order valence-electron chi connectivity index (χ1n) is 7.83. The van der Waals surface area contributed by atoms with Crippen molar-refractivity contribution in [3.05, 3.63) is 30.1 Å². The molecule has 0 bridgehead atoms. The maximum atomic E-state index is 9.82. The first-order chi connectivity index (χ1) is 10.3. The summed E-state index contributed by atoms with van der Waals surface area (Å²) in [4.78, 5) is 4.74. The summed E-state index contributed by atoms with van der Waals surface area (Å²) in [7, 11) is 0. The molecule has 2 aromatic rings. The van der Waals surface area contributed by atoms with Crippen LogP contribution in [0.15, 0.2) is 24.3 Å². The Labute approximate surface area is 125 Å². The van der Waals surface area contributed by atoms with Gasteiger partial charge in [0.25, 0.3) is 0 Å². The Morgan fingerprint density at radius 1 is 1.38 bits per heavy atom. The van der Waals surface area contributed by atoms with Crippen molar-refractivity contribution in [2.24, 2.45) is 5.92 Å². The zero-order valence-electron chi connectivity index (χ0n) is 12.5. The molecule has 1 aromatic carbocycles. The van der Waals surface area contributed by atoms with Gasteiger partial charge < -0.3 is 20.3 Å². The highest BCUT2D eigenvalue weighted by atomic mass is 16.3. The van der Waals surface area contributed by atoms with Gasteiger partial charge in [-0.25, -0.2) is 4.98 Å². The number of imidazole rings is 1. The average Bonchev–Trinajstić information content (AvgIpc) is 3.05. The summed E-state index contributed by atoms with van der Waals surface area (Å²) in [6, 6.07) is 8.29. The minimum atomic E-state index is -0.230. The molecular weight excluding hydrogens is 264 g/mol. The van der Waals surface area contributed by atoms with Crippen LogP contribution in [0, 0.1) is 5.92 Å². The van der Waals surface area contributed by atoms with E-state index in [1.165, 1.54) is 5.52 Å². The van der Waals surface area contributed by atoms with Crippen molar-refractivity contribution in [3.63, 3.8) is 0 Å². The van der Waals surface area contributed by atoms with Gasteiger partial charge in [0.05, 0.1) is 23.7 Å². The number of rotatable bonds is 6. The molecule has 5 nitrogen and oxygen atoms in total. The van der Waals surface area contributed by atoms with E-state index in [4.69, 9.17) is 4.98 Å². The summed E-state index contributed by atoms with van der Waals surface area (Å²) < 4.78 is 2.30. The Bertz CT molecular complexity index is 595. The second-order valence-corrected chi connectivity index (χ2v) is 5.78. The van der Waals surface area contributed by atoms with Gasteiger partial charge in [-0.3, -0.25) is 0 Å². The highest BCUT2D eigenvalue weighted by Crippen LogP contribution is 2.16. The predicted molar refractivity (Wildman–Crippen MR) is 84.1 cm³/mol. The molecule has 5 heteroatoms. The van der Waals surface area contributed by atoms with Crippen molar-refractivity contribution in [1.29, 1.82) is 0 Å². The number of para-hydroxylation sites is 2. The molecule has 1 saturated heterocycles. The summed E-state index contributed by atoms with van der Waals surface area (Å²) in [6.07, 6.45) is 0.866. The first-order valence-corrected chi connectivity index (χ1v) is 7.83. The lowest BCUT2D eigenvalue weighted by molar-refractivity contribution is 0.146. The van der Waals surface area contributed by atoms with E-state index in [1.807, 2.05) is 6.07 Å². The van der Waals surface area contributed by atoms with Crippen molar-refractivity contribution in [1.82, 2.24) is 20.2 Å². The molecule has 2 heterocycles. The van der Waals surface area contributed by atoms with Crippen molar-refractivity contribution in [2.45, 2.75) is 32.5 Å². The van der Waals surface area contributed by atoms with Crippen LogP contribution in [0.3, 0.4) is 0 Å². The van der Waals surface area contributed by atoms with Gasteiger partial charge in [-0.05, 0) is 18.6 Å². The van der Waals surface area contributed by atoms with Gasteiger partial charge in [0.15, 0.2) is 0 Å². The van der Waals surface area contributed by atoms with Crippen LogP contribution in [0.25, 0.3) is 11.0 Å². The van der Waals surface area contributed by atoms with Crippen LogP contribution in [0.1, 0.15) is 19.2 Å². The zero-order valence-corrected chi connectivity index (χ0v) is 12.5. The Morgan fingerprint density at radius 2 is 2.24 bits per heavy atom. The van der Waals surface area contributed by atoms with Crippen molar-refractivity contribution < 1.29 is 5.11 Å². The number of nitrogens with one attached hydrogen (secondary N) is 2. The molecule has 114 valence electrons. The molecular formula is C16H24N4O. The molecule has 0 amide bonds. The lowest BCUT2D eigenvalue weighted by Crippen LogP contribution is -2.30. The molecule has 0 spiro atoms. The molecule has 3 rings (SSSR count). The number of fused-ring (bicyclic) bond motifs is 1. The largest absolute Gasteiger partial charge is 0.391 e. The number of β-amino-alcohol motifs (C(OH)–C–C–N with tert-alkyl or cyclic N) is 1. The van der Waals surface area contributed by atoms with Crippen LogP contribution in [0.5, 0.6) is 0 Å². The fourth-order valence-corrected chi connectivity index (χ4v) is 3.03. The van der Waals surface area contributed by atoms with Gasteiger partial charge in [0.1, 0.15) is 5.82 Å². The number of aliphatic hydroxyl groups is 1. The summed E-state index contributed by atoms with van der Waals surface area (Å²) in [5, 5.41) is 16.5. The van der Waals surface area contributed by atoms with Crippen LogP contribution >= 0.6 is 0 Å². The van der Waals surface area contributed by atoms with Crippen molar-refractivity contribution >= 4 is 11.0 Å². The minimum absolute atomic E-state index is 0.230. The number of hydrogen-bond acceptors (Lipinski definition) is 4. The van der Waals surface area contributed by atoms with Crippen molar-refractivity contribution in [2.75, 3.05) is 19.6 Å². The molecule has 0 saturated carbocycles. The van der Waals surface area contributed by atoms with E-state index in [0.29, 0.717) is 12.5 Å². The normalized spacial score (nSPS) is 22.2. The molecule has 2 atom stereocenters. The topological polar surface area (TPSA) is 62.1 Å². The number of aryl methyl sites for hydroxylation is 1. The molecule has 3 N–H and O–H groups in total. The fraction of sp³-hybridized carbons (Fsp3) is 0.562. The number of hydrogen-bond donors (Lipinski definition) is 3. The van der Waals surface area contributed by atoms with Gasteiger partial charge in [0.2, 0.25) is 0 Å². The van der Waals surface area contributed by atoms with Crippen LogP contribution in [0.4, 0.5) is 0 Å². The molecule has 0 aliphatic carbocycles. The van der Waals surface area contributed by atoms with Gasteiger partial charge in [-0.1, -0.05) is 19.1 Å². The standard InChI is InChI=1S/C16H24N4O/c1-2-7-20-14-6-4-3-5-13(14)19-16(20)11-18-9-12-8-17-10-15(12)21/h3-6,12,15,17-18,21H,2,7-11H2,1H3. The number of aromatic nitrogens is 2. The van der Waals surface area contributed by atoms with Gasteiger partial charge in [0, 0.05) is 32.1 Å². The average molecular weight is 288 g/mol. The number of aliphatic hydroxyl groups excluding tert-OH is 1. The zero-order chi connectivity index (χ0) is 14.7. The van der Waals surface area contributed by atoms with E-state index >= 15 is 0 Å². The Morgan fingerprint density at radius 3 is 3.00 bits per heavy atom. The number of nitrogens with zero attached hydrogens (tertiary/aromatic N) is 2. The third-order valence-corrected chi connectivity index (χ3v) is 4.17. The van der Waals surface area contributed by atoms with Crippen LogP contribution in [-0.2, 0) is 13.1 Å². The van der Waals surface area contributed by atoms with Crippen molar-refractivity contribution in [3.8, 4) is 0 Å². The highest BCUT2D eigenvalue weighted by molar-refractivity contribution is 5.75. The smallest absolute Gasteiger partial charge is 0.123 e. The van der Waals surface area contributed by atoms with E-state index in [1.54, 1.807) is 0 Å². The molecule has 21 heavy (non-hydrogen) atoms. The summed E-state index contributed by atoms with van der Waals surface area (Å²) >= 11 is 0. The van der Waals surface area contributed by atoms with Crippen LogP contribution in [-0.4, -0.2) is 40.4 Å². The predicted octanol–water partition coefficient (Wildman–Crippen LogP) is 1.12. The Hall–Kier alpha value is -1.43. The molecule has 0 radical (unpaired) electrons. The van der Waals surface area contributed by atoms with Crippen LogP contribution in [0.2, 0.25) is 0 Å². The second kappa shape index (κ2) is 6.56. The molecule has 1 aromatic heterocycles. The monoisotopic (exact) mass is 288 g/mol.